The number of aromatic nitrogens is 1. The van der Waals surface area contributed by atoms with Gasteiger partial charge in [-0.3, -0.25) is 4.98 Å². The smallest absolute Gasteiger partial charge is 0.0613 e. The maximum absolute atomic E-state index is 9.61. The van der Waals surface area contributed by atoms with Crippen LogP contribution in [-0.4, -0.2) is 22.2 Å². The van der Waals surface area contributed by atoms with Gasteiger partial charge in [-0.05, 0) is 31.4 Å². The molecule has 0 amide bonds. The molecule has 0 radical (unpaired) electrons. The van der Waals surface area contributed by atoms with E-state index in [0.717, 1.165) is 25.1 Å². The van der Waals surface area contributed by atoms with Crippen molar-refractivity contribution in [3.05, 3.63) is 29.6 Å². The Bertz CT molecular complexity index is 359. The molecule has 0 bridgehead atoms. The molecule has 17 heavy (non-hydrogen) atoms. The molecule has 2 N–H and O–H groups in total. The lowest BCUT2D eigenvalue weighted by Crippen LogP contribution is -2.49. The standard InChI is InChI=1S/C14H22N2O/c1-12-6-5-9-15-13(12)10-16-14(11-17)7-3-2-4-8-14/h5-6,9,16-17H,2-4,7-8,10-11H2,1H3. The first kappa shape index (κ1) is 12.5. The summed E-state index contributed by atoms with van der Waals surface area (Å²) in [7, 11) is 0. The van der Waals surface area contributed by atoms with Crippen LogP contribution in [0.3, 0.4) is 0 Å². The van der Waals surface area contributed by atoms with Crippen LogP contribution in [0.1, 0.15) is 43.4 Å². The third-order valence-corrected chi connectivity index (χ3v) is 3.86. The molecule has 1 aliphatic rings. The largest absolute Gasteiger partial charge is 0.394 e. The van der Waals surface area contributed by atoms with E-state index in [1.165, 1.54) is 24.8 Å². The van der Waals surface area contributed by atoms with Crippen molar-refractivity contribution in [1.29, 1.82) is 0 Å². The number of hydrogen-bond acceptors (Lipinski definition) is 3. The summed E-state index contributed by atoms with van der Waals surface area (Å²) in [6.07, 6.45) is 7.72. The van der Waals surface area contributed by atoms with Crippen molar-refractivity contribution in [3.8, 4) is 0 Å². The van der Waals surface area contributed by atoms with Crippen LogP contribution in [0.4, 0.5) is 0 Å². The van der Waals surface area contributed by atoms with Gasteiger partial charge >= 0.3 is 0 Å². The summed E-state index contributed by atoms with van der Waals surface area (Å²) in [5, 5.41) is 13.1. The molecular formula is C14H22N2O. The van der Waals surface area contributed by atoms with Gasteiger partial charge in [0.1, 0.15) is 0 Å². The lowest BCUT2D eigenvalue weighted by atomic mass is 9.82. The minimum Gasteiger partial charge on any atom is -0.394 e. The molecule has 1 saturated carbocycles. The summed E-state index contributed by atoms with van der Waals surface area (Å²) in [6, 6.07) is 4.04. The van der Waals surface area contributed by atoms with Crippen molar-refractivity contribution in [2.24, 2.45) is 0 Å². The molecule has 94 valence electrons. The second-order valence-electron chi connectivity index (χ2n) is 5.12. The first-order valence-electron chi connectivity index (χ1n) is 6.52. The fourth-order valence-corrected chi connectivity index (χ4v) is 2.59. The maximum atomic E-state index is 9.61. The van der Waals surface area contributed by atoms with Crippen molar-refractivity contribution >= 4 is 0 Å². The van der Waals surface area contributed by atoms with Gasteiger partial charge in [0.2, 0.25) is 0 Å². The summed E-state index contributed by atoms with van der Waals surface area (Å²) in [5.74, 6) is 0. The molecule has 0 atom stereocenters. The van der Waals surface area contributed by atoms with E-state index in [2.05, 4.69) is 23.3 Å². The molecule has 1 aromatic rings. The Labute approximate surface area is 103 Å². The minimum atomic E-state index is -0.0673. The van der Waals surface area contributed by atoms with Gasteiger partial charge in [-0.25, -0.2) is 0 Å². The Morgan fingerprint density at radius 3 is 2.76 bits per heavy atom. The molecule has 0 unspecified atom stereocenters. The third kappa shape index (κ3) is 3.05. The van der Waals surface area contributed by atoms with Crippen molar-refractivity contribution in [3.63, 3.8) is 0 Å². The number of pyridine rings is 1. The predicted octanol–water partition coefficient (Wildman–Crippen LogP) is 2.17. The number of aryl methyl sites for hydroxylation is 1. The second-order valence-corrected chi connectivity index (χ2v) is 5.12. The van der Waals surface area contributed by atoms with E-state index in [9.17, 15) is 5.11 Å². The number of hydrogen-bond donors (Lipinski definition) is 2. The average Bonchev–Trinajstić information content (AvgIpc) is 2.39. The van der Waals surface area contributed by atoms with Gasteiger partial charge in [0.25, 0.3) is 0 Å². The van der Waals surface area contributed by atoms with Gasteiger partial charge in [-0.1, -0.05) is 25.3 Å². The normalized spacial score (nSPS) is 19.2. The molecule has 1 aromatic heterocycles. The van der Waals surface area contributed by atoms with Crippen LogP contribution in [0.15, 0.2) is 18.3 Å². The van der Waals surface area contributed by atoms with E-state index < -0.39 is 0 Å². The number of aliphatic hydroxyl groups is 1. The zero-order chi connectivity index (χ0) is 12.1. The molecular weight excluding hydrogens is 212 g/mol. The summed E-state index contributed by atoms with van der Waals surface area (Å²) in [4.78, 5) is 4.38. The minimum absolute atomic E-state index is 0.0673. The summed E-state index contributed by atoms with van der Waals surface area (Å²) >= 11 is 0. The van der Waals surface area contributed by atoms with Crippen molar-refractivity contribution in [2.75, 3.05) is 6.61 Å². The van der Waals surface area contributed by atoms with E-state index in [1.807, 2.05) is 12.3 Å². The van der Waals surface area contributed by atoms with Crippen LogP contribution >= 0.6 is 0 Å². The van der Waals surface area contributed by atoms with E-state index >= 15 is 0 Å². The maximum Gasteiger partial charge on any atom is 0.0613 e. The Hall–Kier alpha value is -0.930. The molecule has 0 aliphatic heterocycles. The predicted molar refractivity (Wildman–Crippen MR) is 68.7 cm³/mol. The third-order valence-electron chi connectivity index (χ3n) is 3.86. The molecule has 1 aliphatic carbocycles. The van der Waals surface area contributed by atoms with E-state index in [0.29, 0.717) is 0 Å². The molecule has 1 fully saturated rings. The molecule has 0 saturated heterocycles. The van der Waals surface area contributed by atoms with E-state index in [-0.39, 0.29) is 12.1 Å². The lowest BCUT2D eigenvalue weighted by molar-refractivity contribution is 0.119. The molecule has 0 spiro atoms. The van der Waals surface area contributed by atoms with Gasteiger partial charge in [0.15, 0.2) is 0 Å². The number of nitrogens with one attached hydrogen (secondary N) is 1. The highest BCUT2D eigenvalue weighted by atomic mass is 16.3. The highest BCUT2D eigenvalue weighted by molar-refractivity contribution is 5.17. The Morgan fingerprint density at radius 2 is 2.12 bits per heavy atom. The lowest BCUT2D eigenvalue weighted by Gasteiger charge is -2.36. The zero-order valence-electron chi connectivity index (χ0n) is 10.6. The van der Waals surface area contributed by atoms with Crippen LogP contribution in [0.5, 0.6) is 0 Å². The molecule has 3 nitrogen and oxygen atoms in total. The summed E-state index contributed by atoms with van der Waals surface area (Å²) < 4.78 is 0. The number of rotatable bonds is 4. The highest BCUT2D eigenvalue weighted by Crippen LogP contribution is 2.28. The van der Waals surface area contributed by atoms with Gasteiger partial charge in [0.05, 0.1) is 12.3 Å². The first-order valence-corrected chi connectivity index (χ1v) is 6.52. The van der Waals surface area contributed by atoms with Crippen LogP contribution in [-0.2, 0) is 6.54 Å². The monoisotopic (exact) mass is 234 g/mol. The Kier molecular flexibility index (Phi) is 4.13. The van der Waals surface area contributed by atoms with E-state index in [1.54, 1.807) is 0 Å². The van der Waals surface area contributed by atoms with Crippen LogP contribution in [0, 0.1) is 6.92 Å². The quantitative estimate of drug-likeness (QED) is 0.839. The van der Waals surface area contributed by atoms with Gasteiger partial charge in [-0.2, -0.15) is 0 Å². The fraction of sp³-hybridized carbons (Fsp3) is 0.643. The Balaban J connectivity index is 1.98. The van der Waals surface area contributed by atoms with Crippen molar-refractivity contribution in [1.82, 2.24) is 10.3 Å². The number of aliphatic hydroxyl groups excluding tert-OH is 1. The summed E-state index contributed by atoms with van der Waals surface area (Å²) in [5.41, 5.74) is 2.23. The number of nitrogens with zero attached hydrogens (tertiary/aromatic N) is 1. The zero-order valence-corrected chi connectivity index (χ0v) is 10.6. The van der Waals surface area contributed by atoms with E-state index in [4.69, 9.17) is 0 Å². The SMILES string of the molecule is Cc1cccnc1CNC1(CO)CCCCC1. The molecule has 3 heteroatoms. The molecule has 2 rings (SSSR count). The van der Waals surface area contributed by atoms with Gasteiger partial charge in [0, 0.05) is 18.3 Å². The van der Waals surface area contributed by atoms with Crippen LogP contribution in [0.25, 0.3) is 0 Å². The molecule has 0 aromatic carbocycles. The van der Waals surface area contributed by atoms with Crippen LogP contribution < -0.4 is 5.32 Å². The average molecular weight is 234 g/mol. The Morgan fingerprint density at radius 1 is 1.35 bits per heavy atom. The molecule has 1 heterocycles. The fourth-order valence-electron chi connectivity index (χ4n) is 2.59. The van der Waals surface area contributed by atoms with Gasteiger partial charge in [-0.15, -0.1) is 0 Å². The first-order chi connectivity index (χ1) is 8.26. The van der Waals surface area contributed by atoms with Gasteiger partial charge < -0.3 is 10.4 Å². The van der Waals surface area contributed by atoms with Crippen molar-refractivity contribution in [2.45, 2.75) is 51.1 Å². The van der Waals surface area contributed by atoms with Crippen LogP contribution in [0.2, 0.25) is 0 Å². The second kappa shape index (κ2) is 5.61. The highest BCUT2D eigenvalue weighted by Gasteiger charge is 2.30. The topological polar surface area (TPSA) is 45.2 Å². The summed E-state index contributed by atoms with van der Waals surface area (Å²) in [6.45, 7) is 3.07. The van der Waals surface area contributed by atoms with Crippen molar-refractivity contribution < 1.29 is 5.11 Å².